The molecule has 2 aromatic carbocycles. The topological polar surface area (TPSA) is 128 Å². The van der Waals surface area contributed by atoms with Crippen molar-refractivity contribution in [1.29, 1.82) is 10.5 Å². The summed E-state index contributed by atoms with van der Waals surface area (Å²) in [4.78, 5) is 16.1. The van der Waals surface area contributed by atoms with Gasteiger partial charge in [-0.3, -0.25) is 0 Å². The minimum Gasteiger partial charge on any atom is -0.478 e. The first kappa shape index (κ1) is 20.7. The number of hydrogen-bond acceptors (Lipinski definition) is 6. The Kier molecular flexibility index (Phi) is 5.36. The van der Waals surface area contributed by atoms with E-state index < -0.39 is 5.97 Å². The predicted octanol–water partition coefficient (Wildman–Crippen LogP) is 4.11. The third kappa shape index (κ3) is 3.55. The van der Waals surface area contributed by atoms with Gasteiger partial charge in [-0.15, -0.1) is 10.2 Å². The first-order chi connectivity index (χ1) is 15.4. The lowest BCUT2D eigenvalue weighted by Gasteiger charge is -2.13. The van der Waals surface area contributed by atoms with E-state index in [1.807, 2.05) is 54.8 Å². The first-order valence-electron chi connectivity index (χ1n) is 9.93. The molecule has 0 aliphatic carbocycles. The van der Waals surface area contributed by atoms with Gasteiger partial charge in [-0.05, 0) is 22.8 Å². The molecular weight excluding hydrogens is 404 g/mol. The van der Waals surface area contributed by atoms with Crippen molar-refractivity contribution < 1.29 is 9.90 Å². The molecule has 0 atom stereocenters. The zero-order valence-corrected chi connectivity index (χ0v) is 17.4. The molecular formula is C24H18N6O2. The Morgan fingerprint density at radius 1 is 1.03 bits per heavy atom. The normalized spacial score (nSPS) is 10.8. The number of benzene rings is 2. The highest BCUT2D eigenvalue weighted by Gasteiger charge is 2.21. The number of carboxylic acids is 1. The third-order valence-corrected chi connectivity index (χ3v) is 5.19. The number of imidazole rings is 1. The quantitative estimate of drug-likeness (QED) is 0.512. The summed E-state index contributed by atoms with van der Waals surface area (Å²) in [5, 5.41) is 36.1. The van der Waals surface area contributed by atoms with Gasteiger partial charge in [-0.1, -0.05) is 56.3 Å². The fourth-order valence-electron chi connectivity index (χ4n) is 3.72. The van der Waals surface area contributed by atoms with Gasteiger partial charge in [0.2, 0.25) is 0 Å². The Balaban J connectivity index is 1.79. The van der Waals surface area contributed by atoms with E-state index >= 15 is 0 Å². The number of aromatic carboxylic acids is 1. The van der Waals surface area contributed by atoms with Gasteiger partial charge in [0, 0.05) is 12.5 Å². The molecule has 0 radical (unpaired) electrons. The molecule has 0 unspecified atom stereocenters. The second-order valence-corrected chi connectivity index (χ2v) is 7.58. The Hall–Kier alpha value is -4.56. The number of carbonyl (C=O) groups is 1. The molecule has 2 aromatic heterocycles. The highest BCUT2D eigenvalue weighted by atomic mass is 16.4. The summed E-state index contributed by atoms with van der Waals surface area (Å²) in [7, 11) is 0. The molecule has 8 heteroatoms. The standard InChI is InChI=1S/C24H18N6O2/c1-14(2)23-27-21-19(11-25)28-29-20(12-26)22(21)30(23)13-15-7-9-16(10-8-15)17-5-3-4-6-18(17)24(31)32/h3-10,14H,13H2,1-2H3,(H,31,32). The fraction of sp³-hybridized carbons (Fsp3) is 0.167. The van der Waals surface area contributed by atoms with Gasteiger partial charge in [0.1, 0.15) is 29.0 Å². The fourth-order valence-corrected chi connectivity index (χ4v) is 3.72. The zero-order valence-electron chi connectivity index (χ0n) is 17.4. The van der Waals surface area contributed by atoms with Crippen LogP contribution in [-0.4, -0.2) is 30.8 Å². The minimum absolute atomic E-state index is 0.0437. The maximum atomic E-state index is 11.5. The van der Waals surface area contributed by atoms with E-state index in [0.717, 1.165) is 17.0 Å². The second kappa shape index (κ2) is 8.29. The molecule has 4 rings (SSSR count). The number of rotatable bonds is 5. The van der Waals surface area contributed by atoms with Crippen molar-refractivity contribution in [2.24, 2.45) is 0 Å². The molecule has 156 valence electrons. The number of nitriles is 2. The van der Waals surface area contributed by atoms with E-state index in [2.05, 4.69) is 15.2 Å². The van der Waals surface area contributed by atoms with Crippen molar-refractivity contribution in [2.45, 2.75) is 26.3 Å². The Bertz CT molecular complexity index is 1420. The van der Waals surface area contributed by atoms with Crippen molar-refractivity contribution >= 4 is 17.0 Å². The predicted molar refractivity (Wildman–Crippen MR) is 117 cm³/mol. The van der Waals surface area contributed by atoms with E-state index in [1.54, 1.807) is 24.3 Å². The maximum absolute atomic E-state index is 11.5. The molecule has 0 aliphatic rings. The molecule has 1 N–H and O–H groups in total. The summed E-state index contributed by atoms with van der Waals surface area (Å²) in [6.07, 6.45) is 0. The average molecular weight is 422 g/mol. The van der Waals surface area contributed by atoms with Crippen LogP contribution in [-0.2, 0) is 6.54 Å². The van der Waals surface area contributed by atoms with Crippen molar-refractivity contribution in [2.75, 3.05) is 0 Å². The number of carboxylic acid groups (broad SMARTS) is 1. The van der Waals surface area contributed by atoms with Crippen LogP contribution in [0, 0.1) is 22.7 Å². The van der Waals surface area contributed by atoms with Crippen LogP contribution in [0.5, 0.6) is 0 Å². The van der Waals surface area contributed by atoms with E-state index in [1.165, 1.54) is 0 Å². The number of fused-ring (bicyclic) bond motifs is 1. The highest BCUT2D eigenvalue weighted by Crippen LogP contribution is 2.28. The molecule has 0 saturated carbocycles. The van der Waals surface area contributed by atoms with Crippen LogP contribution in [0.2, 0.25) is 0 Å². The molecule has 0 spiro atoms. The summed E-state index contributed by atoms with van der Waals surface area (Å²) in [6, 6.07) is 18.5. The number of hydrogen-bond donors (Lipinski definition) is 1. The van der Waals surface area contributed by atoms with Crippen LogP contribution in [0.1, 0.15) is 52.9 Å². The van der Waals surface area contributed by atoms with Gasteiger partial charge >= 0.3 is 5.97 Å². The molecule has 4 aromatic rings. The SMILES string of the molecule is CC(C)c1nc2c(C#N)nnc(C#N)c2n1Cc1ccc(-c2ccccc2C(=O)O)cc1. The molecule has 2 heterocycles. The summed E-state index contributed by atoms with van der Waals surface area (Å²) in [5.74, 6) is -0.208. The Morgan fingerprint density at radius 3 is 2.31 bits per heavy atom. The largest absolute Gasteiger partial charge is 0.478 e. The lowest BCUT2D eigenvalue weighted by atomic mass is 9.98. The third-order valence-electron chi connectivity index (χ3n) is 5.19. The van der Waals surface area contributed by atoms with Crippen LogP contribution in [0.3, 0.4) is 0 Å². The Morgan fingerprint density at radius 2 is 1.69 bits per heavy atom. The number of nitrogens with zero attached hydrogens (tertiary/aromatic N) is 6. The highest BCUT2D eigenvalue weighted by molar-refractivity contribution is 5.96. The summed E-state index contributed by atoms with van der Waals surface area (Å²) in [6.45, 7) is 4.39. The van der Waals surface area contributed by atoms with Crippen LogP contribution >= 0.6 is 0 Å². The zero-order chi connectivity index (χ0) is 22.8. The molecule has 0 amide bonds. The molecule has 8 nitrogen and oxygen atoms in total. The lowest BCUT2D eigenvalue weighted by Crippen LogP contribution is -2.08. The van der Waals surface area contributed by atoms with Crippen LogP contribution in [0.25, 0.3) is 22.2 Å². The van der Waals surface area contributed by atoms with E-state index in [-0.39, 0.29) is 22.9 Å². The monoisotopic (exact) mass is 422 g/mol. The molecule has 0 saturated heterocycles. The van der Waals surface area contributed by atoms with Crippen molar-refractivity contribution in [3.63, 3.8) is 0 Å². The van der Waals surface area contributed by atoms with Gasteiger partial charge in [-0.2, -0.15) is 10.5 Å². The average Bonchev–Trinajstić information content (AvgIpc) is 3.18. The van der Waals surface area contributed by atoms with Gasteiger partial charge in [0.25, 0.3) is 0 Å². The van der Waals surface area contributed by atoms with E-state index in [4.69, 9.17) is 0 Å². The molecule has 0 fully saturated rings. The minimum atomic E-state index is -0.977. The van der Waals surface area contributed by atoms with Crippen LogP contribution in [0.4, 0.5) is 0 Å². The molecule has 0 aliphatic heterocycles. The maximum Gasteiger partial charge on any atom is 0.336 e. The Labute approximate surface area is 184 Å². The van der Waals surface area contributed by atoms with Crippen molar-refractivity contribution in [3.8, 4) is 23.3 Å². The summed E-state index contributed by atoms with van der Waals surface area (Å²) < 4.78 is 1.90. The number of aromatic nitrogens is 4. The van der Waals surface area contributed by atoms with Crippen LogP contribution in [0.15, 0.2) is 48.5 Å². The van der Waals surface area contributed by atoms with Gasteiger partial charge in [-0.25, -0.2) is 9.78 Å². The smallest absolute Gasteiger partial charge is 0.336 e. The lowest BCUT2D eigenvalue weighted by molar-refractivity contribution is 0.0697. The van der Waals surface area contributed by atoms with E-state index in [0.29, 0.717) is 23.1 Å². The molecule has 32 heavy (non-hydrogen) atoms. The second-order valence-electron chi connectivity index (χ2n) is 7.58. The van der Waals surface area contributed by atoms with Crippen molar-refractivity contribution in [1.82, 2.24) is 19.7 Å². The van der Waals surface area contributed by atoms with E-state index in [9.17, 15) is 20.4 Å². The first-order valence-corrected chi connectivity index (χ1v) is 9.93. The van der Waals surface area contributed by atoms with Gasteiger partial charge in [0.05, 0.1) is 5.56 Å². The van der Waals surface area contributed by atoms with Gasteiger partial charge in [0.15, 0.2) is 11.4 Å². The van der Waals surface area contributed by atoms with Crippen LogP contribution < -0.4 is 0 Å². The summed E-state index contributed by atoms with van der Waals surface area (Å²) >= 11 is 0. The molecule has 0 bridgehead atoms. The van der Waals surface area contributed by atoms with Gasteiger partial charge < -0.3 is 9.67 Å². The summed E-state index contributed by atoms with van der Waals surface area (Å²) in [5.41, 5.74) is 3.67. The van der Waals surface area contributed by atoms with Crippen molar-refractivity contribution in [3.05, 3.63) is 76.9 Å².